The van der Waals surface area contributed by atoms with Crippen molar-refractivity contribution >= 4 is 11.6 Å². The quantitative estimate of drug-likeness (QED) is 0.772. The smallest absolute Gasteiger partial charge is 0.244 e. The molecule has 2 aromatic rings. The van der Waals surface area contributed by atoms with Gasteiger partial charge in [-0.1, -0.05) is 32.0 Å². The number of rotatable bonds is 5. The molecule has 0 spiro atoms. The molecule has 1 N–H and O–H groups in total. The van der Waals surface area contributed by atoms with Crippen LogP contribution in [0.25, 0.3) is 0 Å². The van der Waals surface area contributed by atoms with Gasteiger partial charge < -0.3 is 10.2 Å². The van der Waals surface area contributed by atoms with Crippen LogP contribution in [0, 0.1) is 19.8 Å². The number of nitrogens with one attached hydrogen (secondary N) is 1. The molecule has 32 heavy (non-hydrogen) atoms. The fourth-order valence-corrected chi connectivity index (χ4v) is 5.15. The SMILES string of the molecule is Cc1nc(C)n(CC(=O)N2Cc3ccccc3NCC[C@H]3CC[C@@H](C2)N3CCC(C)C)n1. The zero-order valence-electron chi connectivity index (χ0n) is 20.0. The van der Waals surface area contributed by atoms with E-state index in [1.807, 2.05) is 13.8 Å². The third-order valence-electron chi connectivity index (χ3n) is 6.94. The molecule has 2 aliphatic rings. The summed E-state index contributed by atoms with van der Waals surface area (Å²) in [4.78, 5) is 22.7. The molecule has 7 nitrogen and oxygen atoms in total. The summed E-state index contributed by atoms with van der Waals surface area (Å²) in [6.07, 6.45) is 4.73. The van der Waals surface area contributed by atoms with Crippen molar-refractivity contribution in [2.45, 2.75) is 78.6 Å². The minimum absolute atomic E-state index is 0.110. The maximum Gasteiger partial charge on any atom is 0.244 e. The molecule has 0 unspecified atom stereocenters. The van der Waals surface area contributed by atoms with E-state index in [9.17, 15) is 4.79 Å². The third kappa shape index (κ3) is 5.31. The lowest BCUT2D eigenvalue weighted by Crippen LogP contribution is -2.46. The second-order valence-electron chi connectivity index (χ2n) is 9.82. The lowest BCUT2D eigenvalue weighted by Gasteiger charge is -2.34. The first-order valence-electron chi connectivity index (χ1n) is 12.1. The van der Waals surface area contributed by atoms with Gasteiger partial charge in [0.2, 0.25) is 5.91 Å². The summed E-state index contributed by atoms with van der Waals surface area (Å²) < 4.78 is 1.74. The number of amides is 1. The van der Waals surface area contributed by atoms with Gasteiger partial charge in [0.1, 0.15) is 18.2 Å². The molecule has 1 saturated heterocycles. The van der Waals surface area contributed by atoms with Crippen molar-refractivity contribution in [3.05, 3.63) is 41.5 Å². The molecule has 1 aromatic carbocycles. The van der Waals surface area contributed by atoms with Crippen molar-refractivity contribution in [3.63, 3.8) is 0 Å². The van der Waals surface area contributed by atoms with E-state index in [1.54, 1.807) is 4.68 Å². The van der Waals surface area contributed by atoms with E-state index in [0.717, 1.165) is 44.0 Å². The van der Waals surface area contributed by atoms with E-state index < -0.39 is 0 Å². The number of para-hydroxylation sites is 1. The Morgan fingerprint density at radius 3 is 2.69 bits per heavy atom. The molecule has 0 saturated carbocycles. The molecule has 3 heterocycles. The van der Waals surface area contributed by atoms with E-state index in [4.69, 9.17) is 0 Å². The molecule has 2 atom stereocenters. The van der Waals surface area contributed by atoms with Crippen LogP contribution in [0.2, 0.25) is 0 Å². The van der Waals surface area contributed by atoms with Gasteiger partial charge in [-0.2, -0.15) is 5.10 Å². The van der Waals surface area contributed by atoms with Crippen molar-refractivity contribution in [1.29, 1.82) is 0 Å². The lowest BCUT2D eigenvalue weighted by molar-refractivity contribution is -0.133. The number of anilines is 1. The largest absolute Gasteiger partial charge is 0.385 e. The van der Waals surface area contributed by atoms with Crippen LogP contribution in [0.15, 0.2) is 24.3 Å². The number of aromatic nitrogens is 3. The molecule has 4 rings (SSSR count). The van der Waals surface area contributed by atoms with Crippen LogP contribution in [0.1, 0.15) is 56.7 Å². The minimum Gasteiger partial charge on any atom is -0.385 e. The monoisotopic (exact) mass is 438 g/mol. The van der Waals surface area contributed by atoms with Crippen LogP contribution >= 0.6 is 0 Å². The van der Waals surface area contributed by atoms with Crippen LogP contribution < -0.4 is 5.32 Å². The van der Waals surface area contributed by atoms with Gasteiger partial charge in [-0.3, -0.25) is 9.69 Å². The molecule has 7 heteroatoms. The van der Waals surface area contributed by atoms with Crippen molar-refractivity contribution in [3.8, 4) is 0 Å². The molecule has 1 aromatic heterocycles. The van der Waals surface area contributed by atoms with Gasteiger partial charge in [-0.05, 0) is 63.6 Å². The molecule has 0 radical (unpaired) electrons. The van der Waals surface area contributed by atoms with Gasteiger partial charge in [-0.25, -0.2) is 9.67 Å². The third-order valence-corrected chi connectivity index (χ3v) is 6.94. The second-order valence-corrected chi connectivity index (χ2v) is 9.82. The Morgan fingerprint density at radius 1 is 1.16 bits per heavy atom. The Bertz CT molecular complexity index is 923. The number of hydrogen-bond donors (Lipinski definition) is 1. The topological polar surface area (TPSA) is 66.3 Å². The fourth-order valence-electron chi connectivity index (χ4n) is 5.15. The standard InChI is InChI=1S/C25H38N6O/c1-18(2)12-14-30-22-9-10-23(30)16-29(25(32)17-31-20(4)27-19(3)28-31)15-21-7-5-6-8-24(21)26-13-11-22/h5-8,18,22-23,26H,9-17H2,1-4H3/t22-,23+/m1/s1. The van der Waals surface area contributed by atoms with Crippen LogP contribution in [-0.4, -0.2) is 62.2 Å². The summed E-state index contributed by atoms with van der Waals surface area (Å²) in [5, 5.41) is 8.08. The van der Waals surface area contributed by atoms with E-state index in [0.29, 0.717) is 30.4 Å². The van der Waals surface area contributed by atoms with Crippen molar-refractivity contribution < 1.29 is 4.79 Å². The number of benzene rings is 1. The second kappa shape index (κ2) is 10.0. The summed E-state index contributed by atoms with van der Waals surface area (Å²) in [6.45, 7) is 12.1. The molecule has 1 fully saturated rings. The van der Waals surface area contributed by atoms with Crippen molar-refractivity contribution in [2.24, 2.45) is 5.92 Å². The maximum atomic E-state index is 13.5. The average molecular weight is 439 g/mol. The molecule has 0 aliphatic carbocycles. The molecular formula is C25H38N6O. The summed E-state index contributed by atoms with van der Waals surface area (Å²) in [5.41, 5.74) is 2.32. The Labute approximate surface area is 192 Å². The van der Waals surface area contributed by atoms with Crippen molar-refractivity contribution in [2.75, 3.05) is 25.0 Å². The number of fused-ring (bicyclic) bond motifs is 3. The van der Waals surface area contributed by atoms with E-state index >= 15 is 0 Å². The Hall–Kier alpha value is -2.41. The normalized spacial score (nSPS) is 21.8. The Kier molecular flexibility index (Phi) is 7.13. The maximum absolute atomic E-state index is 13.5. The molecular weight excluding hydrogens is 400 g/mol. The van der Waals surface area contributed by atoms with Crippen molar-refractivity contribution in [1.82, 2.24) is 24.6 Å². The number of nitrogens with zero attached hydrogens (tertiary/aromatic N) is 5. The molecule has 1 amide bonds. The first kappa shape index (κ1) is 22.8. The van der Waals surface area contributed by atoms with Crippen LogP contribution in [0.3, 0.4) is 0 Å². The predicted octanol–water partition coefficient (Wildman–Crippen LogP) is 3.62. The lowest BCUT2D eigenvalue weighted by atomic mass is 10.1. The Balaban J connectivity index is 1.60. The zero-order chi connectivity index (χ0) is 22.7. The van der Waals surface area contributed by atoms with E-state index in [1.165, 1.54) is 18.4 Å². The molecule has 2 bridgehead atoms. The van der Waals surface area contributed by atoms with Gasteiger partial charge >= 0.3 is 0 Å². The first-order valence-corrected chi connectivity index (χ1v) is 12.1. The Morgan fingerprint density at radius 2 is 1.94 bits per heavy atom. The highest BCUT2D eigenvalue weighted by atomic mass is 16.2. The summed E-state index contributed by atoms with van der Waals surface area (Å²) in [6, 6.07) is 9.42. The number of hydrogen-bond acceptors (Lipinski definition) is 5. The zero-order valence-corrected chi connectivity index (χ0v) is 20.0. The van der Waals surface area contributed by atoms with E-state index in [2.05, 4.69) is 63.3 Å². The highest BCUT2D eigenvalue weighted by Crippen LogP contribution is 2.30. The minimum atomic E-state index is 0.110. The molecule has 2 aliphatic heterocycles. The predicted molar refractivity (Wildman–Crippen MR) is 127 cm³/mol. The van der Waals surface area contributed by atoms with Gasteiger partial charge in [0.15, 0.2) is 0 Å². The number of carbonyl (C=O) groups is 1. The van der Waals surface area contributed by atoms with Gasteiger partial charge in [0.25, 0.3) is 0 Å². The average Bonchev–Trinajstić information content (AvgIpc) is 3.26. The highest BCUT2D eigenvalue weighted by molar-refractivity contribution is 5.76. The van der Waals surface area contributed by atoms with Gasteiger partial charge in [0.05, 0.1) is 0 Å². The van der Waals surface area contributed by atoms with Crippen LogP contribution in [-0.2, 0) is 17.9 Å². The van der Waals surface area contributed by atoms with Gasteiger partial charge in [0, 0.05) is 37.4 Å². The first-order chi connectivity index (χ1) is 15.4. The van der Waals surface area contributed by atoms with Crippen LogP contribution in [0.5, 0.6) is 0 Å². The summed E-state index contributed by atoms with van der Waals surface area (Å²) >= 11 is 0. The molecule has 174 valence electrons. The number of aryl methyl sites for hydroxylation is 2. The highest BCUT2D eigenvalue weighted by Gasteiger charge is 2.35. The number of carbonyl (C=O) groups excluding carboxylic acids is 1. The van der Waals surface area contributed by atoms with Crippen LogP contribution in [0.4, 0.5) is 5.69 Å². The van der Waals surface area contributed by atoms with E-state index in [-0.39, 0.29) is 12.5 Å². The van der Waals surface area contributed by atoms with Gasteiger partial charge in [-0.15, -0.1) is 0 Å². The summed E-state index contributed by atoms with van der Waals surface area (Å²) in [7, 11) is 0. The fraction of sp³-hybridized carbons (Fsp3) is 0.640. The summed E-state index contributed by atoms with van der Waals surface area (Å²) in [5.74, 6) is 2.29.